The van der Waals surface area contributed by atoms with Crippen LogP contribution in [0.4, 0.5) is 18.9 Å². The van der Waals surface area contributed by atoms with Gasteiger partial charge in [-0.3, -0.25) is 4.79 Å². The van der Waals surface area contributed by atoms with Crippen LogP contribution in [0.15, 0.2) is 12.1 Å². The molecule has 0 bridgehead atoms. The van der Waals surface area contributed by atoms with E-state index in [1.54, 1.807) is 25.2 Å². The van der Waals surface area contributed by atoms with E-state index in [1.807, 2.05) is 0 Å². The number of hydrogen-bond acceptors (Lipinski definition) is 2. The second-order valence-electron chi connectivity index (χ2n) is 3.61. The third-order valence-corrected chi connectivity index (χ3v) is 2.13. The van der Waals surface area contributed by atoms with Crippen LogP contribution in [0.2, 0.25) is 0 Å². The highest BCUT2D eigenvalue weighted by molar-refractivity contribution is 5.96. The molecule has 17 heavy (non-hydrogen) atoms. The zero-order valence-electron chi connectivity index (χ0n) is 9.61. The maximum Gasteiger partial charge on any atom is 0.471 e. The Morgan fingerprint density at radius 2 is 1.88 bits per heavy atom. The molecule has 0 aromatic heterocycles. The van der Waals surface area contributed by atoms with Gasteiger partial charge in [0.25, 0.3) is 0 Å². The van der Waals surface area contributed by atoms with Gasteiger partial charge in [-0.2, -0.15) is 13.2 Å². The maximum atomic E-state index is 12.1. The number of amides is 1. The van der Waals surface area contributed by atoms with Gasteiger partial charge in [0, 0.05) is 0 Å². The van der Waals surface area contributed by atoms with Gasteiger partial charge < -0.3 is 10.1 Å². The molecule has 0 fully saturated rings. The first kappa shape index (κ1) is 13.3. The number of methoxy groups -OCH3 is 1. The molecular weight excluding hydrogens is 235 g/mol. The van der Waals surface area contributed by atoms with Gasteiger partial charge in [-0.05, 0) is 31.0 Å². The van der Waals surface area contributed by atoms with Gasteiger partial charge in [0.1, 0.15) is 5.75 Å². The molecule has 0 heterocycles. The van der Waals surface area contributed by atoms with Gasteiger partial charge in [0.2, 0.25) is 0 Å². The average Bonchev–Trinajstić information content (AvgIpc) is 2.15. The molecule has 0 aliphatic heterocycles. The Hall–Kier alpha value is -1.72. The van der Waals surface area contributed by atoms with E-state index in [9.17, 15) is 18.0 Å². The molecule has 1 N–H and O–H groups in total. The highest BCUT2D eigenvalue weighted by Gasteiger charge is 2.39. The molecule has 0 saturated heterocycles. The molecule has 0 radical (unpaired) electrons. The number of alkyl halides is 3. The van der Waals surface area contributed by atoms with Crippen LogP contribution in [-0.4, -0.2) is 19.2 Å². The summed E-state index contributed by atoms with van der Waals surface area (Å²) >= 11 is 0. The molecule has 0 aliphatic carbocycles. The number of aryl methyl sites for hydroxylation is 2. The molecule has 0 aliphatic rings. The maximum absolute atomic E-state index is 12.1. The first-order valence-electron chi connectivity index (χ1n) is 4.79. The van der Waals surface area contributed by atoms with Crippen LogP contribution in [0.1, 0.15) is 11.1 Å². The molecule has 3 nitrogen and oxygen atoms in total. The van der Waals surface area contributed by atoms with E-state index in [-0.39, 0.29) is 11.4 Å². The third-order valence-electron chi connectivity index (χ3n) is 2.13. The second kappa shape index (κ2) is 4.65. The Morgan fingerprint density at radius 1 is 1.29 bits per heavy atom. The van der Waals surface area contributed by atoms with E-state index in [4.69, 9.17) is 4.74 Å². The molecule has 0 spiro atoms. The van der Waals surface area contributed by atoms with Gasteiger partial charge in [0.05, 0.1) is 12.8 Å². The summed E-state index contributed by atoms with van der Waals surface area (Å²) < 4.78 is 41.3. The Kier molecular flexibility index (Phi) is 3.65. The van der Waals surface area contributed by atoms with Gasteiger partial charge in [-0.25, -0.2) is 0 Å². The highest BCUT2D eigenvalue weighted by atomic mass is 19.4. The van der Waals surface area contributed by atoms with Crippen LogP contribution >= 0.6 is 0 Å². The van der Waals surface area contributed by atoms with Crippen molar-refractivity contribution in [3.05, 3.63) is 23.3 Å². The molecule has 94 valence electrons. The number of anilines is 1. The summed E-state index contributed by atoms with van der Waals surface area (Å²) in [6, 6.07) is 3.18. The summed E-state index contributed by atoms with van der Waals surface area (Å²) in [4.78, 5) is 10.8. The van der Waals surface area contributed by atoms with E-state index in [1.165, 1.54) is 13.2 Å². The van der Waals surface area contributed by atoms with E-state index in [0.717, 1.165) is 5.56 Å². The SMILES string of the molecule is COc1c(C)cc(C)cc1NC(=O)C(F)(F)F. The molecule has 6 heteroatoms. The predicted molar refractivity (Wildman–Crippen MR) is 57.2 cm³/mol. The molecular formula is C11H12F3NO2. The van der Waals surface area contributed by atoms with Crippen LogP contribution in [0.25, 0.3) is 0 Å². The van der Waals surface area contributed by atoms with Crippen molar-refractivity contribution in [2.24, 2.45) is 0 Å². The summed E-state index contributed by atoms with van der Waals surface area (Å²) in [7, 11) is 1.33. The topological polar surface area (TPSA) is 38.3 Å². The summed E-state index contributed by atoms with van der Waals surface area (Å²) in [5.41, 5.74) is 1.41. The Balaban J connectivity index is 3.10. The average molecular weight is 247 g/mol. The number of benzene rings is 1. The number of rotatable bonds is 2. The van der Waals surface area contributed by atoms with E-state index >= 15 is 0 Å². The first-order valence-corrected chi connectivity index (χ1v) is 4.79. The van der Waals surface area contributed by atoms with Crippen LogP contribution in [0.3, 0.4) is 0 Å². The molecule has 0 unspecified atom stereocenters. The molecule has 1 amide bonds. The second-order valence-corrected chi connectivity index (χ2v) is 3.61. The Bertz CT molecular complexity index is 441. The number of hydrogen-bond donors (Lipinski definition) is 1. The number of nitrogens with one attached hydrogen (secondary N) is 1. The van der Waals surface area contributed by atoms with Crippen molar-refractivity contribution in [3.8, 4) is 5.75 Å². The zero-order valence-corrected chi connectivity index (χ0v) is 9.61. The van der Waals surface area contributed by atoms with Gasteiger partial charge >= 0.3 is 12.1 Å². The standard InChI is InChI=1S/C11H12F3NO2/c1-6-4-7(2)9(17-3)8(5-6)15-10(16)11(12,13)14/h4-5H,1-3H3,(H,15,16). The van der Waals surface area contributed by atoms with Crippen molar-refractivity contribution >= 4 is 11.6 Å². The van der Waals surface area contributed by atoms with Crippen molar-refractivity contribution in [2.75, 3.05) is 12.4 Å². The summed E-state index contributed by atoms with van der Waals surface area (Å²) in [6.07, 6.45) is -4.91. The fourth-order valence-electron chi connectivity index (χ4n) is 1.51. The van der Waals surface area contributed by atoms with Gasteiger partial charge in [0.15, 0.2) is 0 Å². The van der Waals surface area contributed by atoms with Crippen molar-refractivity contribution in [1.29, 1.82) is 0 Å². The van der Waals surface area contributed by atoms with Crippen molar-refractivity contribution in [3.63, 3.8) is 0 Å². The number of carbonyl (C=O) groups is 1. The quantitative estimate of drug-likeness (QED) is 0.872. The first-order chi connectivity index (χ1) is 7.75. The van der Waals surface area contributed by atoms with Crippen molar-refractivity contribution < 1.29 is 22.7 Å². The summed E-state index contributed by atoms with van der Waals surface area (Å²) in [6.45, 7) is 3.41. The minimum absolute atomic E-state index is 0.0207. The Labute approximate surface area is 96.6 Å². The van der Waals surface area contributed by atoms with E-state index in [2.05, 4.69) is 0 Å². The minimum atomic E-state index is -4.91. The fraction of sp³-hybridized carbons (Fsp3) is 0.364. The molecule has 1 aromatic rings. The number of ether oxygens (including phenoxy) is 1. The number of carbonyl (C=O) groups excluding carboxylic acids is 1. The van der Waals surface area contributed by atoms with Crippen molar-refractivity contribution in [1.82, 2.24) is 0 Å². The van der Waals surface area contributed by atoms with Crippen LogP contribution in [-0.2, 0) is 4.79 Å². The summed E-state index contributed by atoms with van der Waals surface area (Å²) in [5, 5.41) is 1.79. The lowest BCUT2D eigenvalue weighted by atomic mass is 10.1. The predicted octanol–water partition coefficient (Wildman–Crippen LogP) is 2.81. The number of halogens is 3. The minimum Gasteiger partial charge on any atom is -0.494 e. The highest BCUT2D eigenvalue weighted by Crippen LogP contribution is 2.31. The fourth-order valence-corrected chi connectivity index (χ4v) is 1.51. The lowest BCUT2D eigenvalue weighted by Gasteiger charge is -2.14. The lowest BCUT2D eigenvalue weighted by Crippen LogP contribution is -2.30. The molecule has 1 rings (SSSR count). The molecule has 0 atom stereocenters. The van der Waals surface area contributed by atoms with Crippen molar-refractivity contribution in [2.45, 2.75) is 20.0 Å². The van der Waals surface area contributed by atoms with E-state index in [0.29, 0.717) is 5.56 Å². The van der Waals surface area contributed by atoms with Gasteiger partial charge in [-0.15, -0.1) is 0 Å². The lowest BCUT2D eigenvalue weighted by molar-refractivity contribution is -0.167. The molecule has 1 aromatic carbocycles. The van der Waals surface area contributed by atoms with Crippen LogP contribution < -0.4 is 10.1 Å². The normalized spacial score (nSPS) is 11.2. The monoisotopic (exact) mass is 247 g/mol. The smallest absolute Gasteiger partial charge is 0.471 e. The Morgan fingerprint density at radius 3 is 2.35 bits per heavy atom. The van der Waals surface area contributed by atoms with Gasteiger partial charge in [-0.1, -0.05) is 6.07 Å². The zero-order chi connectivity index (χ0) is 13.2. The molecule has 0 saturated carbocycles. The van der Waals surface area contributed by atoms with Crippen LogP contribution in [0.5, 0.6) is 5.75 Å². The van der Waals surface area contributed by atoms with E-state index < -0.39 is 12.1 Å². The largest absolute Gasteiger partial charge is 0.494 e. The third kappa shape index (κ3) is 3.12. The van der Waals surface area contributed by atoms with Crippen LogP contribution in [0, 0.1) is 13.8 Å². The summed E-state index contributed by atoms with van der Waals surface area (Å²) in [5.74, 6) is -1.78.